The lowest BCUT2D eigenvalue weighted by atomic mass is 10.1. The van der Waals surface area contributed by atoms with Gasteiger partial charge in [-0.05, 0) is 37.3 Å². The van der Waals surface area contributed by atoms with Gasteiger partial charge in [-0.1, -0.05) is 39.3 Å². The van der Waals surface area contributed by atoms with Gasteiger partial charge in [0.15, 0.2) is 0 Å². The van der Waals surface area contributed by atoms with Crippen LogP contribution in [0.3, 0.4) is 0 Å². The molecule has 0 fully saturated rings. The molecule has 0 saturated carbocycles. The molecule has 0 bridgehead atoms. The van der Waals surface area contributed by atoms with Gasteiger partial charge >= 0.3 is 11.9 Å². The van der Waals surface area contributed by atoms with Crippen molar-refractivity contribution in [1.29, 1.82) is 0 Å². The summed E-state index contributed by atoms with van der Waals surface area (Å²) in [6, 6.07) is 6.62. The van der Waals surface area contributed by atoms with Crippen LogP contribution in [0.15, 0.2) is 24.3 Å². The Hall–Kier alpha value is -1.84. The summed E-state index contributed by atoms with van der Waals surface area (Å²) < 4.78 is 10.4. The summed E-state index contributed by atoms with van der Waals surface area (Å²) in [4.78, 5) is 24.1. The van der Waals surface area contributed by atoms with Gasteiger partial charge in [-0.15, -0.1) is 0 Å². The average Bonchev–Trinajstić information content (AvgIpc) is 2.51. The molecule has 4 nitrogen and oxygen atoms in total. The summed E-state index contributed by atoms with van der Waals surface area (Å²) in [7, 11) is 0. The number of carbonyl (C=O) groups excluding carboxylic acids is 2. The van der Waals surface area contributed by atoms with Crippen molar-refractivity contribution in [1.82, 2.24) is 0 Å². The fourth-order valence-electron chi connectivity index (χ4n) is 1.96. The maximum Gasteiger partial charge on any atom is 0.339 e. The number of benzene rings is 1. The molecule has 1 rings (SSSR count). The van der Waals surface area contributed by atoms with Crippen molar-refractivity contribution in [3.8, 4) is 0 Å². The predicted molar refractivity (Wildman–Crippen MR) is 86.0 cm³/mol. The van der Waals surface area contributed by atoms with Crippen LogP contribution in [0.4, 0.5) is 0 Å². The molecular formula is C18H26O4. The van der Waals surface area contributed by atoms with Crippen molar-refractivity contribution in [2.75, 3.05) is 13.2 Å². The first-order valence-electron chi connectivity index (χ1n) is 7.99. The average molecular weight is 306 g/mol. The van der Waals surface area contributed by atoms with Crippen molar-refractivity contribution >= 4 is 11.9 Å². The van der Waals surface area contributed by atoms with Crippen LogP contribution >= 0.6 is 0 Å². The zero-order valence-electron chi connectivity index (χ0n) is 13.8. The maximum absolute atomic E-state index is 12.1. The Balaban J connectivity index is 2.62. The highest BCUT2D eigenvalue weighted by Gasteiger charge is 2.18. The fourth-order valence-corrected chi connectivity index (χ4v) is 1.96. The zero-order chi connectivity index (χ0) is 16.4. The highest BCUT2D eigenvalue weighted by atomic mass is 16.5. The second kappa shape index (κ2) is 9.98. The van der Waals surface area contributed by atoms with Gasteiger partial charge in [0.1, 0.15) is 0 Å². The van der Waals surface area contributed by atoms with Gasteiger partial charge in [-0.2, -0.15) is 0 Å². The van der Waals surface area contributed by atoms with Crippen molar-refractivity contribution in [2.45, 2.75) is 46.5 Å². The molecule has 1 aromatic carbocycles. The van der Waals surface area contributed by atoms with Crippen molar-refractivity contribution in [3.63, 3.8) is 0 Å². The molecule has 22 heavy (non-hydrogen) atoms. The van der Waals surface area contributed by atoms with Crippen LogP contribution in [0.2, 0.25) is 0 Å². The molecule has 122 valence electrons. The van der Waals surface area contributed by atoms with E-state index in [2.05, 4.69) is 13.8 Å². The third kappa shape index (κ3) is 6.29. The van der Waals surface area contributed by atoms with E-state index >= 15 is 0 Å². The fraction of sp³-hybridized carbons (Fsp3) is 0.556. The van der Waals surface area contributed by atoms with Crippen LogP contribution < -0.4 is 0 Å². The maximum atomic E-state index is 12.1. The largest absolute Gasteiger partial charge is 0.462 e. The number of hydrogen-bond donors (Lipinski definition) is 0. The smallest absolute Gasteiger partial charge is 0.339 e. The van der Waals surface area contributed by atoms with Gasteiger partial charge in [0.05, 0.1) is 24.3 Å². The van der Waals surface area contributed by atoms with E-state index in [1.807, 2.05) is 6.92 Å². The number of rotatable bonds is 9. The molecule has 0 N–H and O–H groups in total. The zero-order valence-corrected chi connectivity index (χ0v) is 13.8. The molecule has 0 unspecified atom stereocenters. The minimum absolute atomic E-state index is 0.271. The standard InChI is InChI=1S/C18H26O4/c1-4-5-12-21-17(19)15-10-6-7-11-16(15)18(20)22-13-8-9-14(2)3/h6-7,10-11,14H,4-5,8-9,12-13H2,1-3H3. The van der Waals surface area contributed by atoms with E-state index in [0.717, 1.165) is 25.7 Å². The molecule has 4 heteroatoms. The molecule has 0 heterocycles. The van der Waals surface area contributed by atoms with E-state index in [0.29, 0.717) is 19.1 Å². The Morgan fingerprint density at radius 1 is 0.955 bits per heavy atom. The molecule has 1 aromatic rings. The van der Waals surface area contributed by atoms with Crippen LogP contribution in [-0.4, -0.2) is 25.2 Å². The molecule has 0 amide bonds. The Morgan fingerprint density at radius 3 is 1.91 bits per heavy atom. The van der Waals surface area contributed by atoms with Crippen LogP contribution in [0.5, 0.6) is 0 Å². The minimum Gasteiger partial charge on any atom is -0.462 e. The first-order chi connectivity index (χ1) is 10.6. The minimum atomic E-state index is -0.469. The molecule has 0 saturated heterocycles. The lowest BCUT2D eigenvalue weighted by Crippen LogP contribution is -2.15. The van der Waals surface area contributed by atoms with Crippen molar-refractivity contribution < 1.29 is 19.1 Å². The molecular weight excluding hydrogens is 280 g/mol. The summed E-state index contributed by atoms with van der Waals surface area (Å²) in [5.74, 6) is -0.352. The van der Waals surface area contributed by atoms with E-state index in [9.17, 15) is 9.59 Å². The monoisotopic (exact) mass is 306 g/mol. The first-order valence-corrected chi connectivity index (χ1v) is 7.99. The summed E-state index contributed by atoms with van der Waals surface area (Å²) in [5, 5.41) is 0. The summed E-state index contributed by atoms with van der Waals surface area (Å²) in [5.41, 5.74) is 0.543. The van der Waals surface area contributed by atoms with Gasteiger partial charge < -0.3 is 9.47 Å². The van der Waals surface area contributed by atoms with Gasteiger partial charge in [-0.3, -0.25) is 0 Å². The number of carbonyl (C=O) groups is 2. The highest BCUT2D eigenvalue weighted by Crippen LogP contribution is 2.13. The quantitative estimate of drug-likeness (QED) is 0.506. The SMILES string of the molecule is CCCCOC(=O)c1ccccc1C(=O)OCCCC(C)C. The molecule has 0 atom stereocenters. The highest BCUT2D eigenvalue weighted by molar-refractivity contribution is 6.03. The van der Waals surface area contributed by atoms with E-state index in [-0.39, 0.29) is 11.1 Å². The molecule has 0 aliphatic carbocycles. The van der Waals surface area contributed by atoms with Gasteiger partial charge in [0.25, 0.3) is 0 Å². The lowest BCUT2D eigenvalue weighted by molar-refractivity contribution is 0.0450. The lowest BCUT2D eigenvalue weighted by Gasteiger charge is -2.10. The summed E-state index contributed by atoms with van der Waals surface area (Å²) >= 11 is 0. The first kappa shape index (κ1) is 18.2. The second-order valence-electron chi connectivity index (χ2n) is 5.71. The third-order valence-electron chi connectivity index (χ3n) is 3.26. The topological polar surface area (TPSA) is 52.6 Å². The summed E-state index contributed by atoms with van der Waals surface area (Å²) in [6.07, 6.45) is 3.60. The van der Waals surface area contributed by atoms with Crippen molar-refractivity contribution in [2.24, 2.45) is 5.92 Å². The Labute approximate surface area is 132 Å². The number of hydrogen-bond acceptors (Lipinski definition) is 4. The van der Waals surface area contributed by atoms with Crippen LogP contribution in [-0.2, 0) is 9.47 Å². The van der Waals surface area contributed by atoms with Gasteiger partial charge in [0, 0.05) is 0 Å². The summed E-state index contributed by atoms with van der Waals surface area (Å²) in [6.45, 7) is 7.02. The second-order valence-corrected chi connectivity index (χ2v) is 5.71. The van der Waals surface area contributed by atoms with Gasteiger partial charge in [0.2, 0.25) is 0 Å². The molecule has 0 spiro atoms. The molecule has 0 radical (unpaired) electrons. The normalized spacial score (nSPS) is 10.5. The number of unbranched alkanes of at least 4 members (excludes halogenated alkanes) is 1. The van der Waals surface area contributed by atoms with E-state index in [1.54, 1.807) is 24.3 Å². The molecule has 0 aliphatic rings. The van der Waals surface area contributed by atoms with E-state index in [1.165, 1.54) is 0 Å². The Morgan fingerprint density at radius 2 is 1.45 bits per heavy atom. The third-order valence-corrected chi connectivity index (χ3v) is 3.26. The van der Waals surface area contributed by atoms with Gasteiger partial charge in [-0.25, -0.2) is 9.59 Å². The Bertz CT molecular complexity index is 480. The Kier molecular flexibility index (Phi) is 8.26. The number of esters is 2. The van der Waals surface area contributed by atoms with Crippen LogP contribution in [0, 0.1) is 5.92 Å². The van der Waals surface area contributed by atoms with E-state index < -0.39 is 11.9 Å². The molecule has 0 aliphatic heterocycles. The predicted octanol–water partition coefficient (Wildman–Crippen LogP) is 4.24. The van der Waals surface area contributed by atoms with Crippen LogP contribution in [0.25, 0.3) is 0 Å². The van der Waals surface area contributed by atoms with E-state index in [4.69, 9.17) is 9.47 Å². The van der Waals surface area contributed by atoms with Crippen LogP contribution in [0.1, 0.15) is 67.2 Å². The molecule has 0 aromatic heterocycles. The number of ether oxygens (including phenoxy) is 2. The van der Waals surface area contributed by atoms with Crippen molar-refractivity contribution in [3.05, 3.63) is 35.4 Å².